The van der Waals surface area contributed by atoms with E-state index in [1.165, 1.54) is 148 Å². The Morgan fingerprint density at radius 1 is 0.660 bits per heavy atom. The number of aliphatic hydroxyl groups is 1. The molecule has 0 aromatic heterocycles. The second kappa shape index (κ2) is 37.7. The molecule has 0 rings (SSSR count). The van der Waals surface area contributed by atoms with Crippen LogP contribution in [0.3, 0.4) is 0 Å². The molecule has 50 heavy (non-hydrogen) atoms. The number of phosphoric ester groups is 1. The van der Waals surface area contributed by atoms with Gasteiger partial charge in [0, 0.05) is 13.0 Å². The molecule has 0 aliphatic rings. The van der Waals surface area contributed by atoms with Gasteiger partial charge in [-0.1, -0.05) is 199 Å². The number of rotatable bonds is 39. The zero-order chi connectivity index (χ0) is 36.8. The van der Waals surface area contributed by atoms with Crippen LogP contribution in [0.15, 0.2) is 24.3 Å². The Balaban J connectivity index is 4.11. The minimum absolute atomic E-state index is 0.0734. The van der Waals surface area contributed by atoms with Crippen LogP contribution in [0.1, 0.15) is 200 Å². The molecule has 3 atom stereocenters. The molecule has 0 saturated carbocycles. The van der Waals surface area contributed by atoms with Crippen LogP contribution in [-0.4, -0.2) is 47.8 Å². The third kappa shape index (κ3) is 35.4. The molecule has 0 aliphatic carbocycles. The van der Waals surface area contributed by atoms with Crippen molar-refractivity contribution in [3.05, 3.63) is 24.3 Å². The van der Waals surface area contributed by atoms with E-state index in [2.05, 4.69) is 25.2 Å². The molecule has 296 valence electrons. The fraction of sp³-hybridized carbons (Fsp3) is 0.878. The number of hydrogen-bond donors (Lipinski definition) is 4. The number of allylic oxidation sites excluding steroid dienone is 3. The van der Waals surface area contributed by atoms with Crippen LogP contribution in [-0.2, 0) is 18.4 Å². The van der Waals surface area contributed by atoms with Crippen LogP contribution in [0.25, 0.3) is 0 Å². The summed E-state index contributed by atoms with van der Waals surface area (Å²) in [7, 11) is -4.34. The smallest absolute Gasteiger partial charge is 0.387 e. The Kier molecular flexibility index (Phi) is 37.0. The second-order valence-electron chi connectivity index (χ2n) is 14.2. The first-order valence-electron chi connectivity index (χ1n) is 21.0. The van der Waals surface area contributed by atoms with Crippen molar-refractivity contribution in [2.75, 3.05) is 19.8 Å². The molecule has 0 aromatic carbocycles. The summed E-state index contributed by atoms with van der Waals surface area (Å²) >= 11 is 0. The number of nitrogens with one attached hydrogen (secondary N) is 1. The predicted octanol–water partition coefficient (Wildman–Crippen LogP) is 11.4. The summed E-state index contributed by atoms with van der Waals surface area (Å²) in [5.41, 5.74) is 5.35. The van der Waals surface area contributed by atoms with Gasteiger partial charge in [-0.15, -0.1) is 0 Å². The number of nitrogens with two attached hydrogens (primary N) is 1. The fourth-order valence-electron chi connectivity index (χ4n) is 6.13. The molecule has 8 nitrogen and oxygen atoms in total. The number of phosphoric acid groups is 1. The molecule has 5 N–H and O–H groups in total. The normalized spacial score (nSPS) is 14.4. The molecule has 0 aliphatic heterocycles. The van der Waals surface area contributed by atoms with Crippen LogP contribution in [0, 0.1) is 0 Å². The predicted molar refractivity (Wildman–Crippen MR) is 212 cm³/mol. The lowest BCUT2D eigenvalue weighted by Crippen LogP contribution is -2.45. The van der Waals surface area contributed by atoms with Crippen molar-refractivity contribution >= 4 is 13.7 Å². The van der Waals surface area contributed by atoms with Crippen molar-refractivity contribution in [3.8, 4) is 0 Å². The maximum Gasteiger partial charge on any atom is 0.472 e. The van der Waals surface area contributed by atoms with Gasteiger partial charge in [0.2, 0.25) is 5.91 Å². The molecule has 0 bridgehead atoms. The van der Waals surface area contributed by atoms with Gasteiger partial charge in [-0.25, -0.2) is 4.57 Å². The highest BCUT2D eigenvalue weighted by Crippen LogP contribution is 2.43. The lowest BCUT2D eigenvalue weighted by molar-refractivity contribution is -0.123. The molecule has 1 unspecified atom stereocenters. The lowest BCUT2D eigenvalue weighted by atomic mass is 10.0. The van der Waals surface area contributed by atoms with E-state index in [9.17, 15) is 19.4 Å². The van der Waals surface area contributed by atoms with Gasteiger partial charge in [-0.05, 0) is 19.3 Å². The first-order chi connectivity index (χ1) is 24.4. The van der Waals surface area contributed by atoms with E-state index in [0.29, 0.717) is 6.42 Å². The summed E-state index contributed by atoms with van der Waals surface area (Å²) in [5.74, 6) is -0.210. The van der Waals surface area contributed by atoms with E-state index in [-0.39, 0.29) is 25.7 Å². The summed E-state index contributed by atoms with van der Waals surface area (Å²) in [6.45, 7) is 4.08. The first kappa shape index (κ1) is 49.0. The summed E-state index contributed by atoms with van der Waals surface area (Å²) in [6.07, 6.45) is 42.5. The van der Waals surface area contributed by atoms with E-state index in [1.807, 2.05) is 6.08 Å². The number of carbonyl (C=O) groups is 1. The van der Waals surface area contributed by atoms with Gasteiger partial charge in [0.1, 0.15) is 0 Å². The minimum atomic E-state index is -4.34. The van der Waals surface area contributed by atoms with Crippen LogP contribution in [0.2, 0.25) is 0 Å². The molecule has 0 saturated heterocycles. The molecular formula is C41H81N2O6P. The fourth-order valence-corrected chi connectivity index (χ4v) is 6.89. The maximum absolute atomic E-state index is 12.7. The zero-order valence-corrected chi connectivity index (χ0v) is 33.5. The van der Waals surface area contributed by atoms with Gasteiger partial charge in [0.05, 0.1) is 25.4 Å². The summed E-state index contributed by atoms with van der Waals surface area (Å²) in [4.78, 5) is 22.6. The number of carbonyl (C=O) groups excluding carboxylic acids is 1. The van der Waals surface area contributed by atoms with Crippen molar-refractivity contribution in [2.45, 2.75) is 212 Å². The van der Waals surface area contributed by atoms with Gasteiger partial charge in [-0.3, -0.25) is 13.8 Å². The number of amides is 1. The van der Waals surface area contributed by atoms with Gasteiger partial charge in [-0.2, -0.15) is 0 Å². The molecular weight excluding hydrogens is 647 g/mol. The number of hydrogen-bond acceptors (Lipinski definition) is 6. The van der Waals surface area contributed by atoms with Crippen LogP contribution in [0.4, 0.5) is 0 Å². The quantitative estimate of drug-likeness (QED) is 0.0281. The van der Waals surface area contributed by atoms with Crippen molar-refractivity contribution in [1.29, 1.82) is 0 Å². The zero-order valence-electron chi connectivity index (χ0n) is 32.6. The van der Waals surface area contributed by atoms with Crippen LogP contribution >= 0.6 is 7.82 Å². The molecule has 0 aromatic rings. The van der Waals surface area contributed by atoms with Crippen molar-refractivity contribution in [2.24, 2.45) is 5.73 Å². The third-order valence-corrected chi connectivity index (χ3v) is 10.3. The highest BCUT2D eigenvalue weighted by Gasteiger charge is 2.26. The largest absolute Gasteiger partial charge is 0.472 e. The second-order valence-corrected chi connectivity index (χ2v) is 15.7. The summed E-state index contributed by atoms with van der Waals surface area (Å²) in [6, 6.07) is -0.887. The van der Waals surface area contributed by atoms with Crippen LogP contribution < -0.4 is 11.1 Å². The first-order valence-corrected chi connectivity index (χ1v) is 22.5. The topological polar surface area (TPSA) is 131 Å². The van der Waals surface area contributed by atoms with Crippen LogP contribution in [0.5, 0.6) is 0 Å². The maximum atomic E-state index is 12.7. The molecule has 0 spiro atoms. The molecule has 0 fully saturated rings. The Morgan fingerprint density at radius 2 is 1.08 bits per heavy atom. The minimum Gasteiger partial charge on any atom is -0.387 e. The average Bonchev–Trinajstić information content (AvgIpc) is 3.10. The molecule has 0 radical (unpaired) electrons. The van der Waals surface area contributed by atoms with Gasteiger partial charge < -0.3 is 21.1 Å². The van der Waals surface area contributed by atoms with Crippen molar-refractivity contribution < 1.29 is 28.4 Å². The van der Waals surface area contributed by atoms with E-state index < -0.39 is 20.0 Å². The highest BCUT2D eigenvalue weighted by molar-refractivity contribution is 7.47. The van der Waals surface area contributed by atoms with E-state index in [4.69, 9.17) is 14.8 Å². The summed E-state index contributed by atoms with van der Waals surface area (Å²) < 4.78 is 22.0. The standard InChI is InChI=1S/C41H81N2O6P/c1-3-5-7-9-11-13-15-16-17-18-19-20-21-22-23-24-25-27-29-31-33-35-41(45)43-39(38-49-50(46,47)48-37-36-42)40(44)34-32-30-28-26-14-12-10-8-6-4-2/h28,30,32,34,39-40,44H,3-27,29,31,33,35-38,42H2,1-2H3,(H,43,45)(H,46,47)/b30-28+,34-32+/t39-,40+/m0/s1. The summed E-state index contributed by atoms with van der Waals surface area (Å²) in [5, 5.41) is 13.5. The van der Waals surface area contributed by atoms with E-state index >= 15 is 0 Å². The molecule has 1 amide bonds. The Morgan fingerprint density at radius 3 is 1.52 bits per heavy atom. The number of aliphatic hydroxyl groups excluding tert-OH is 1. The molecule has 9 heteroatoms. The lowest BCUT2D eigenvalue weighted by Gasteiger charge is -2.23. The van der Waals surface area contributed by atoms with Crippen molar-refractivity contribution in [1.82, 2.24) is 5.32 Å². The third-order valence-electron chi connectivity index (χ3n) is 9.34. The van der Waals surface area contributed by atoms with Gasteiger partial charge in [0.15, 0.2) is 0 Å². The SMILES string of the molecule is CCCCCCCC/C=C/C=C/[C@@H](O)[C@H](COP(=O)(O)OCCN)NC(=O)CCCCCCCCCCCCCCCCCCCCCCC. The Bertz CT molecular complexity index is 840. The Hall–Kier alpha value is -1.02. The van der Waals surface area contributed by atoms with E-state index in [1.54, 1.807) is 12.2 Å². The molecule has 0 heterocycles. The van der Waals surface area contributed by atoms with Gasteiger partial charge in [0.25, 0.3) is 0 Å². The highest BCUT2D eigenvalue weighted by atomic mass is 31.2. The van der Waals surface area contributed by atoms with Crippen molar-refractivity contribution in [3.63, 3.8) is 0 Å². The monoisotopic (exact) mass is 729 g/mol. The van der Waals surface area contributed by atoms with Gasteiger partial charge >= 0.3 is 7.82 Å². The Labute approximate surface area is 308 Å². The van der Waals surface area contributed by atoms with E-state index in [0.717, 1.165) is 32.1 Å². The number of unbranched alkanes of at least 4 members (excludes halogenated alkanes) is 26. The average molecular weight is 729 g/mol.